The van der Waals surface area contributed by atoms with Crippen LogP contribution in [0.4, 0.5) is 5.69 Å². The zero-order valence-corrected chi connectivity index (χ0v) is 14.3. The van der Waals surface area contributed by atoms with E-state index in [0.29, 0.717) is 10.8 Å². The lowest BCUT2D eigenvalue weighted by molar-refractivity contribution is -0.122. The first kappa shape index (κ1) is 17.4. The van der Waals surface area contributed by atoms with Crippen molar-refractivity contribution in [3.05, 3.63) is 59.1 Å². The van der Waals surface area contributed by atoms with Crippen molar-refractivity contribution in [1.29, 1.82) is 0 Å². The van der Waals surface area contributed by atoms with E-state index in [-0.39, 0.29) is 5.91 Å². The molecule has 0 spiro atoms. The third kappa shape index (κ3) is 5.61. The molecule has 0 radical (unpaired) electrons. The van der Waals surface area contributed by atoms with Crippen molar-refractivity contribution in [3.63, 3.8) is 0 Å². The summed E-state index contributed by atoms with van der Waals surface area (Å²) in [7, 11) is 0. The number of nitrogens with one attached hydrogen (secondary N) is 1. The normalized spacial score (nSPS) is 11.8. The molecule has 1 unspecified atom stereocenters. The van der Waals surface area contributed by atoms with Gasteiger partial charge in [0.1, 0.15) is 5.75 Å². The Hall–Kier alpha value is -2.00. The molecule has 2 aromatic carbocycles. The summed E-state index contributed by atoms with van der Waals surface area (Å²) in [4.78, 5) is 12.2. The van der Waals surface area contributed by atoms with Crippen LogP contribution < -0.4 is 10.1 Å². The molecule has 0 saturated carbocycles. The molecule has 0 heterocycles. The van der Waals surface area contributed by atoms with Crippen LogP contribution in [-0.2, 0) is 11.2 Å². The molecule has 1 amide bonds. The van der Waals surface area contributed by atoms with Crippen molar-refractivity contribution in [2.75, 3.05) is 5.32 Å². The average Bonchev–Trinajstić information content (AvgIpc) is 2.54. The van der Waals surface area contributed by atoms with Crippen LogP contribution in [0, 0.1) is 0 Å². The molecule has 3 nitrogen and oxygen atoms in total. The molecule has 0 aliphatic heterocycles. The van der Waals surface area contributed by atoms with Crippen molar-refractivity contribution in [1.82, 2.24) is 0 Å². The minimum atomic E-state index is -0.603. The molecule has 1 N–H and O–H groups in total. The highest BCUT2D eigenvalue weighted by Gasteiger charge is 2.15. The number of hydrogen-bond acceptors (Lipinski definition) is 2. The zero-order chi connectivity index (χ0) is 16.7. The van der Waals surface area contributed by atoms with Gasteiger partial charge in [0.2, 0.25) is 0 Å². The number of carbonyl (C=O) groups excluding carboxylic acids is 1. The topological polar surface area (TPSA) is 38.3 Å². The Bertz CT molecular complexity index is 640. The van der Waals surface area contributed by atoms with Crippen molar-refractivity contribution >= 4 is 23.2 Å². The first-order chi connectivity index (χ1) is 11.1. The number of hydrogen-bond donors (Lipinski definition) is 1. The van der Waals surface area contributed by atoms with Crippen LogP contribution >= 0.6 is 11.6 Å². The zero-order valence-electron chi connectivity index (χ0n) is 13.5. The summed E-state index contributed by atoms with van der Waals surface area (Å²) in [5, 5.41) is 3.44. The molecular weight excluding hydrogens is 310 g/mol. The van der Waals surface area contributed by atoms with E-state index in [1.165, 1.54) is 18.4 Å². The van der Waals surface area contributed by atoms with E-state index in [1.807, 2.05) is 24.3 Å². The smallest absolute Gasteiger partial charge is 0.265 e. The van der Waals surface area contributed by atoms with Gasteiger partial charge in [0, 0.05) is 10.7 Å². The van der Waals surface area contributed by atoms with Crippen molar-refractivity contribution < 1.29 is 9.53 Å². The maximum Gasteiger partial charge on any atom is 0.265 e. The van der Waals surface area contributed by atoms with Crippen LogP contribution in [0.1, 0.15) is 32.3 Å². The van der Waals surface area contributed by atoms with Crippen molar-refractivity contribution in [2.24, 2.45) is 0 Å². The van der Waals surface area contributed by atoms with Crippen LogP contribution in [0.3, 0.4) is 0 Å². The number of benzene rings is 2. The lowest BCUT2D eigenvalue weighted by Gasteiger charge is -2.15. The van der Waals surface area contributed by atoms with Gasteiger partial charge in [-0.25, -0.2) is 0 Å². The number of halogens is 1. The summed E-state index contributed by atoms with van der Waals surface area (Å²) in [6.45, 7) is 3.89. The molecule has 0 aliphatic rings. The molecule has 4 heteroatoms. The minimum absolute atomic E-state index is 0.189. The van der Waals surface area contributed by atoms with Crippen molar-refractivity contribution in [3.8, 4) is 5.75 Å². The minimum Gasteiger partial charge on any atom is -0.481 e. The van der Waals surface area contributed by atoms with Gasteiger partial charge in [-0.1, -0.05) is 43.1 Å². The van der Waals surface area contributed by atoms with E-state index < -0.39 is 6.10 Å². The third-order valence-electron chi connectivity index (χ3n) is 3.52. The summed E-state index contributed by atoms with van der Waals surface area (Å²) >= 11 is 5.91. The first-order valence-electron chi connectivity index (χ1n) is 7.90. The predicted molar refractivity (Wildman–Crippen MR) is 95.2 cm³/mol. The number of amides is 1. The van der Waals surface area contributed by atoms with Gasteiger partial charge < -0.3 is 10.1 Å². The molecule has 23 heavy (non-hydrogen) atoms. The van der Waals surface area contributed by atoms with E-state index in [2.05, 4.69) is 12.2 Å². The lowest BCUT2D eigenvalue weighted by atomic mass is 10.1. The second-order valence-corrected chi connectivity index (χ2v) is 5.94. The summed E-state index contributed by atoms with van der Waals surface area (Å²) in [5.74, 6) is 0.390. The molecule has 1 atom stereocenters. The highest BCUT2D eigenvalue weighted by atomic mass is 35.5. The number of rotatable bonds is 7. The summed E-state index contributed by atoms with van der Waals surface area (Å²) < 4.78 is 5.61. The number of anilines is 1. The van der Waals surface area contributed by atoms with E-state index in [0.717, 1.165) is 12.1 Å². The second-order valence-electron chi connectivity index (χ2n) is 5.51. The van der Waals surface area contributed by atoms with Gasteiger partial charge in [-0.3, -0.25) is 4.79 Å². The van der Waals surface area contributed by atoms with Gasteiger partial charge >= 0.3 is 0 Å². The fourth-order valence-electron chi connectivity index (χ4n) is 2.18. The first-order valence-corrected chi connectivity index (χ1v) is 8.28. The van der Waals surface area contributed by atoms with Gasteiger partial charge in [-0.05, 0) is 55.7 Å². The fraction of sp³-hybridized carbons (Fsp3) is 0.316. The van der Waals surface area contributed by atoms with Gasteiger partial charge in [0.25, 0.3) is 5.91 Å². The van der Waals surface area contributed by atoms with E-state index in [1.54, 1.807) is 31.2 Å². The molecule has 0 aliphatic carbocycles. The van der Waals surface area contributed by atoms with E-state index in [4.69, 9.17) is 16.3 Å². The molecule has 0 bridgehead atoms. The Labute approximate surface area is 142 Å². The highest BCUT2D eigenvalue weighted by molar-refractivity contribution is 6.30. The van der Waals surface area contributed by atoms with Gasteiger partial charge in [-0.15, -0.1) is 0 Å². The Balaban J connectivity index is 1.90. The Morgan fingerprint density at radius 1 is 1.22 bits per heavy atom. The summed E-state index contributed by atoms with van der Waals surface area (Å²) in [6.07, 6.45) is 2.82. The molecule has 0 saturated heterocycles. The summed E-state index contributed by atoms with van der Waals surface area (Å²) in [6, 6.07) is 15.0. The standard InChI is InChI=1S/C19H22ClNO2/c1-3-4-6-15-9-11-17(12-10-15)21-19(22)14(2)23-18-8-5-7-16(20)13-18/h5,7-14H,3-4,6H2,1-2H3,(H,21,22). The molecule has 122 valence electrons. The van der Waals surface area contributed by atoms with Crippen LogP contribution in [-0.4, -0.2) is 12.0 Å². The monoisotopic (exact) mass is 331 g/mol. The molecule has 0 aromatic heterocycles. The second kappa shape index (κ2) is 8.59. The third-order valence-corrected chi connectivity index (χ3v) is 3.75. The maximum atomic E-state index is 12.2. The van der Waals surface area contributed by atoms with Crippen molar-refractivity contribution in [2.45, 2.75) is 39.2 Å². The fourth-order valence-corrected chi connectivity index (χ4v) is 2.36. The average molecular weight is 332 g/mol. The Morgan fingerprint density at radius 3 is 2.61 bits per heavy atom. The van der Waals surface area contributed by atoms with Gasteiger partial charge in [-0.2, -0.15) is 0 Å². The SMILES string of the molecule is CCCCc1ccc(NC(=O)C(C)Oc2cccc(Cl)c2)cc1. The van der Waals surface area contributed by atoms with Crippen LogP contribution in [0.5, 0.6) is 5.75 Å². The molecule has 2 rings (SSSR count). The molecular formula is C19H22ClNO2. The predicted octanol–water partition coefficient (Wildman–Crippen LogP) is 5.09. The van der Waals surface area contributed by atoms with Crippen LogP contribution in [0.25, 0.3) is 0 Å². The quantitative estimate of drug-likeness (QED) is 0.767. The van der Waals surface area contributed by atoms with E-state index >= 15 is 0 Å². The van der Waals surface area contributed by atoms with Crippen LogP contribution in [0.15, 0.2) is 48.5 Å². The number of ether oxygens (including phenoxy) is 1. The Morgan fingerprint density at radius 2 is 1.96 bits per heavy atom. The Kier molecular flexibility index (Phi) is 6.48. The number of aryl methyl sites for hydroxylation is 1. The largest absolute Gasteiger partial charge is 0.481 e. The lowest BCUT2D eigenvalue weighted by Crippen LogP contribution is -2.30. The molecule has 2 aromatic rings. The number of unbranched alkanes of at least 4 members (excludes halogenated alkanes) is 1. The van der Waals surface area contributed by atoms with Gasteiger partial charge in [0.15, 0.2) is 6.10 Å². The summed E-state index contributed by atoms with van der Waals surface area (Å²) in [5.41, 5.74) is 2.06. The number of carbonyl (C=O) groups is 1. The van der Waals surface area contributed by atoms with E-state index in [9.17, 15) is 4.79 Å². The van der Waals surface area contributed by atoms with Gasteiger partial charge in [0.05, 0.1) is 0 Å². The van der Waals surface area contributed by atoms with Crippen LogP contribution in [0.2, 0.25) is 5.02 Å². The molecule has 0 fully saturated rings. The maximum absolute atomic E-state index is 12.2. The highest BCUT2D eigenvalue weighted by Crippen LogP contribution is 2.19.